The largest absolute Gasteiger partial charge is 0.491 e. The molecule has 17 heavy (non-hydrogen) atoms. The highest BCUT2D eigenvalue weighted by molar-refractivity contribution is 6.32. The highest BCUT2D eigenvalue weighted by Crippen LogP contribution is 2.46. The van der Waals surface area contributed by atoms with Crippen molar-refractivity contribution in [2.24, 2.45) is 0 Å². The topological polar surface area (TPSA) is 65.0 Å². The Kier molecular flexibility index (Phi) is 3.28. The third kappa shape index (κ3) is 2.10. The summed E-state index contributed by atoms with van der Waals surface area (Å²) >= 11 is 5.94. The lowest BCUT2D eigenvalue weighted by Gasteiger charge is -2.14. The van der Waals surface area contributed by atoms with E-state index in [1.807, 2.05) is 0 Å². The van der Waals surface area contributed by atoms with E-state index in [0.29, 0.717) is 25.4 Å². The maximum Gasteiger partial charge on any atom is 0.339 e. The van der Waals surface area contributed by atoms with E-state index >= 15 is 0 Å². The molecule has 92 valence electrons. The molecule has 0 saturated carbocycles. The molecule has 1 heterocycles. The number of ether oxygens (including phenoxy) is 3. The van der Waals surface area contributed by atoms with E-state index in [1.165, 1.54) is 13.2 Å². The monoisotopic (exact) mass is 258 g/mol. The van der Waals surface area contributed by atoms with Crippen molar-refractivity contribution in [2.75, 3.05) is 20.3 Å². The maximum absolute atomic E-state index is 11.1. The van der Waals surface area contributed by atoms with Crippen molar-refractivity contribution in [3.05, 3.63) is 16.7 Å². The maximum atomic E-state index is 11.1. The van der Waals surface area contributed by atoms with Gasteiger partial charge in [0.05, 0.1) is 25.3 Å². The number of benzene rings is 1. The second-order valence-electron chi connectivity index (χ2n) is 3.45. The Morgan fingerprint density at radius 3 is 2.65 bits per heavy atom. The van der Waals surface area contributed by atoms with Crippen LogP contribution in [0.5, 0.6) is 17.2 Å². The molecule has 6 heteroatoms. The molecular weight excluding hydrogens is 248 g/mol. The van der Waals surface area contributed by atoms with E-state index in [1.54, 1.807) is 0 Å². The number of carbonyl (C=O) groups is 1. The van der Waals surface area contributed by atoms with E-state index < -0.39 is 5.97 Å². The second-order valence-corrected chi connectivity index (χ2v) is 3.86. The Labute approximate surface area is 103 Å². The van der Waals surface area contributed by atoms with Crippen LogP contribution in [0.3, 0.4) is 0 Å². The number of fused-ring (bicyclic) bond motifs is 1. The van der Waals surface area contributed by atoms with Gasteiger partial charge in [0, 0.05) is 6.42 Å². The van der Waals surface area contributed by atoms with Crippen LogP contribution in [-0.2, 0) is 0 Å². The molecule has 0 saturated heterocycles. The smallest absolute Gasteiger partial charge is 0.339 e. The van der Waals surface area contributed by atoms with Gasteiger partial charge in [-0.1, -0.05) is 11.6 Å². The normalized spacial score (nSPS) is 14.0. The molecule has 0 unspecified atom stereocenters. The van der Waals surface area contributed by atoms with Crippen molar-refractivity contribution in [2.45, 2.75) is 6.42 Å². The summed E-state index contributed by atoms with van der Waals surface area (Å²) in [6.45, 7) is 0.834. The van der Waals surface area contributed by atoms with Gasteiger partial charge in [-0.05, 0) is 6.07 Å². The number of carboxylic acid groups (broad SMARTS) is 1. The highest BCUT2D eigenvalue weighted by atomic mass is 35.5. The van der Waals surface area contributed by atoms with Gasteiger partial charge in [-0.15, -0.1) is 0 Å². The highest BCUT2D eigenvalue weighted by Gasteiger charge is 2.26. The molecule has 1 aromatic carbocycles. The minimum atomic E-state index is -1.11. The van der Waals surface area contributed by atoms with Crippen LogP contribution in [0.15, 0.2) is 6.07 Å². The molecule has 1 aliphatic rings. The van der Waals surface area contributed by atoms with Gasteiger partial charge in [0.25, 0.3) is 0 Å². The molecule has 0 radical (unpaired) electrons. The first kappa shape index (κ1) is 11.9. The van der Waals surface area contributed by atoms with Gasteiger partial charge in [-0.3, -0.25) is 0 Å². The molecule has 0 aromatic heterocycles. The molecule has 0 fully saturated rings. The van der Waals surface area contributed by atoms with E-state index in [9.17, 15) is 4.79 Å². The zero-order valence-electron chi connectivity index (χ0n) is 9.16. The molecule has 1 aromatic rings. The number of rotatable bonds is 2. The van der Waals surface area contributed by atoms with Crippen molar-refractivity contribution >= 4 is 17.6 Å². The minimum Gasteiger partial charge on any atom is -0.491 e. The fourth-order valence-corrected chi connectivity index (χ4v) is 1.89. The van der Waals surface area contributed by atoms with Crippen LogP contribution in [-0.4, -0.2) is 31.4 Å². The Hall–Kier alpha value is -1.62. The molecule has 0 atom stereocenters. The summed E-state index contributed by atoms with van der Waals surface area (Å²) in [5, 5.41) is 9.27. The summed E-state index contributed by atoms with van der Waals surface area (Å²) in [7, 11) is 1.44. The number of halogens is 1. The lowest BCUT2D eigenvalue weighted by molar-refractivity contribution is 0.0692. The van der Waals surface area contributed by atoms with Crippen LogP contribution < -0.4 is 14.2 Å². The van der Waals surface area contributed by atoms with Gasteiger partial charge in [0.15, 0.2) is 11.5 Å². The molecule has 0 bridgehead atoms. The lowest BCUT2D eigenvalue weighted by atomic mass is 10.1. The number of methoxy groups -OCH3 is 1. The van der Waals surface area contributed by atoms with Crippen LogP contribution in [0.25, 0.3) is 0 Å². The molecular formula is C11H11ClO5. The van der Waals surface area contributed by atoms with E-state index in [-0.39, 0.29) is 22.1 Å². The number of hydrogen-bond donors (Lipinski definition) is 1. The average Bonchev–Trinajstić information content (AvgIpc) is 2.53. The number of hydrogen-bond acceptors (Lipinski definition) is 4. The van der Waals surface area contributed by atoms with Gasteiger partial charge in [-0.2, -0.15) is 0 Å². The first-order chi connectivity index (χ1) is 8.15. The Balaban J connectivity index is 2.65. The van der Waals surface area contributed by atoms with Crippen molar-refractivity contribution in [1.82, 2.24) is 0 Å². The third-order valence-corrected chi connectivity index (χ3v) is 2.64. The fourth-order valence-electron chi connectivity index (χ4n) is 1.62. The molecule has 0 aliphatic carbocycles. The molecule has 0 amide bonds. The molecule has 1 N–H and O–H groups in total. The molecule has 2 rings (SSSR count). The lowest BCUT2D eigenvalue weighted by Crippen LogP contribution is -2.04. The summed E-state index contributed by atoms with van der Waals surface area (Å²) in [5.41, 5.74) is -0.0206. The molecule has 0 spiro atoms. The molecule has 1 aliphatic heterocycles. The van der Waals surface area contributed by atoms with Crippen LogP contribution in [0, 0.1) is 0 Å². The SMILES string of the molecule is COc1c(Cl)cc(C(=O)O)c2c1OCCCO2. The first-order valence-electron chi connectivity index (χ1n) is 5.04. The van der Waals surface area contributed by atoms with Crippen molar-refractivity contribution < 1.29 is 24.1 Å². The Bertz CT molecular complexity index is 458. The summed E-state index contributed by atoms with van der Waals surface area (Å²) in [6.07, 6.45) is 0.675. The van der Waals surface area contributed by atoms with E-state index in [4.69, 9.17) is 30.9 Å². The summed E-state index contributed by atoms with van der Waals surface area (Å²) in [4.78, 5) is 11.1. The molecule has 5 nitrogen and oxygen atoms in total. The Morgan fingerprint density at radius 2 is 2.06 bits per heavy atom. The van der Waals surface area contributed by atoms with Crippen molar-refractivity contribution in [3.63, 3.8) is 0 Å². The van der Waals surface area contributed by atoms with Crippen LogP contribution in [0.1, 0.15) is 16.8 Å². The van der Waals surface area contributed by atoms with E-state index in [2.05, 4.69) is 0 Å². The number of carboxylic acids is 1. The summed E-state index contributed by atoms with van der Waals surface area (Å²) in [5.74, 6) is -0.379. The Morgan fingerprint density at radius 1 is 1.41 bits per heavy atom. The minimum absolute atomic E-state index is 0.0206. The third-order valence-electron chi connectivity index (χ3n) is 2.36. The van der Waals surface area contributed by atoms with Crippen molar-refractivity contribution in [3.8, 4) is 17.2 Å². The van der Waals surface area contributed by atoms with Gasteiger partial charge in [0.1, 0.15) is 5.56 Å². The standard InChI is InChI=1S/C11H11ClO5/c1-15-9-7(12)5-6(11(13)14)8-10(9)17-4-2-3-16-8/h5H,2-4H2,1H3,(H,13,14). The fraction of sp³-hybridized carbons (Fsp3) is 0.364. The summed E-state index contributed by atoms with van der Waals surface area (Å²) in [6, 6.07) is 1.30. The zero-order chi connectivity index (χ0) is 12.4. The van der Waals surface area contributed by atoms with Crippen molar-refractivity contribution in [1.29, 1.82) is 0 Å². The quantitative estimate of drug-likeness (QED) is 0.881. The predicted molar refractivity (Wildman–Crippen MR) is 60.6 cm³/mol. The van der Waals surface area contributed by atoms with Gasteiger partial charge >= 0.3 is 5.97 Å². The second kappa shape index (κ2) is 4.71. The van der Waals surface area contributed by atoms with Gasteiger partial charge in [0.2, 0.25) is 5.75 Å². The number of aromatic carboxylic acids is 1. The average molecular weight is 259 g/mol. The summed E-state index contributed by atoms with van der Waals surface area (Å²) < 4.78 is 15.9. The van der Waals surface area contributed by atoms with E-state index in [0.717, 1.165) is 0 Å². The van der Waals surface area contributed by atoms with Gasteiger partial charge < -0.3 is 19.3 Å². The predicted octanol–water partition coefficient (Wildman–Crippen LogP) is 2.21. The van der Waals surface area contributed by atoms with Gasteiger partial charge in [-0.25, -0.2) is 4.79 Å². The van der Waals surface area contributed by atoms with Crippen LogP contribution in [0.2, 0.25) is 5.02 Å². The first-order valence-corrected chi connectivity index (χ1v) is 5.42. The van der Waals surface area contributed by atoms with Crippen LogP contribution in [0.4, 0.5) is 0 Å². The van der Waals surface area contributed by atoms with Crippen LogP contribution >= 0.6 is 11.6 Å². The zero-order valence-corrected chi connectivity index (χ0v) is 9.91.